The van der Waals surface area contributed by atoms with Crippen LogP contribution in [0, 0.1) is 0 Å². The maximum Gasteiger partial charge on any atom is 0.135 e. The highest BCUT2D eigenvalue weighted by Gasteiger charge is 2.16. The van der Waals surface area contributed by atoms with E-state index in [1.165, 1.54) is 21.8 Å². The Morgan fingerprint density at radius 2 is 1.24 bits per heavy atom. The number of benzene rings is 5. The first kappa shape index (κ1) is 25.4. The number of nitrogens with zero attached hydrogens (tertiary/aromatic N) is 3. The highest BCUT2D eigenvalue weighted by Crippen LogP contribution is 2.37. The molecular weight excluding hydrogens is 552 g/mol. The van der Waals surface area contributed by atoms with Crippen molar-refractivity contribution >= 4 is 76.8 Å². The number of fused-ring (bicyclic) bond motifs is 9. The molecule has 0 saturated carbocycles. The van der Waals surface area contributed by atoms with Gasteiger partial charge in [0, 0.05) is 56.6 Å². The van der Waals surface area contributed by atoms with E-state index >= 15 is 0 Å². The lowest BCUT2D eigenvalue weighted by atomic mass is 10.0. The van der Waals surface area contributed by atoms with E-state index in [0.29, 0.717) is 0 Å². The van der Waals surface area contributed by atoms with E-state index < -0.39 is 0 Å². The number of nitrogens with two attached hydrogens (primary N) is 1. The zero-order chi connectivity index (χ0) is 30.1. The van der Waals surface area contributed by atoms with Crippen molar-refractivity contribution in [2.75, 3.05) is 0 Å². The highest BCUT2D eigenvalue weighted by molar-refractivity contribution is 6.12. The zero-order valence-electron chi connectivity index (χ0n) is 24.6. The van der Waals surface area contributed by atoms with Crippen LogP contribution in [0.2, 0.25) is 0 Å². The Labute approximate surface area is 258 Å². The molecule has 0 radical (unpaired) electrons. The van der Waals surface area contributed by atoms with Gasteiger partial charge in [0.25, 0.3) is 0 Å². The van der Waals surface area contributed by atoms with Crippen molar-refractivity contribution < 1.29 is 4.42 Å². The predicted octanol–water partition coefficient (Wildman–Crippen LogP) is 10.0. The fraction of sp³-hybridized carbons (Fsp3) is 0.0250. The molecule has 0 atom stereocenters. The summed E-state index contributed by atoms with van der Waals surface area (Å²) < 4.78 is 10.9. The average Bonchev–Trinajstić information content (AvgIpc) is 3.74. The lowest BCUT2D eigenvalue weighted by Crippen LogP contribution is -1.98. The standard InChI is InChI=1S/C40H28N4O/c1-25(20-28(23-41)44-37-13-7-4-10-31(37)34-24-42-19-18-38(34)44)26-14-16-39-32(21-26)33-22-27(15-17-40(33)45-39)43-35-11-5-2-8-29(35)30-9-3-6-12-36(30)43/h2-24H,41H2,1H3/b25-20+,28-23+. The second kappa shape index (κ2) is 9.73. The summed E-state index contributed by atoms with van der Waals surface area (Å²) in [6.45, 7) is 2.13. The van der Waals surface area contributed by atoms with Crippen molar-refractivity contribution in [3.8, 4) is 5.69 Å². The molecule has 45 heavy (non-hydrogen) atoms. The molecule has 0 aliphatic rings. The fourth-order valence-electron chi connectivity index (χ4n) is 6.94. The van der Waals surface area contributed by atoms with Gasteiger partial charge in [0.15, 0.2) is 0 Å². The van der Waals surface area contributed by atoms with Crippen LogP contribution in [0.25, 0.3) is 82.5 Å². The van der Waals surface area contributed by atoms with Crippen LogP contribution in [0.3, 0.4) is 0 Å². The van der Waals surface area contributed by atoms with Gasteiger partial charge in [-0.25, -0.2) is 0 Å². The van der Waals surface area contributed by atoms with E-state index in [-0.39, 0.29) is 0 Å². The SMILES string of the molecule is C/C(=C\C(=C/N)n1c2ccccc2c2cnccc21)c1ccc2oc3ccc(-n4c5ccccc5c5ccccc54)cc3c2c1. The van der Waals surface area contributed by atoms with E-state index in [1.54, 1.807) is 6.20 Å². The van der Waals surface area contributed by atoms with Crippen molar-refractivity contribution in [3.63, 3.8) is 0 Å². The van der Waals surface area contributed by atoms with E-state index in [4.69, 9.17) is 10.2 Å². The molecule has 0 unspecified atom stereocenters. The molecule has 5 aromatic carbocycles. The number of hydrogen-bond acceptors (Lipinski definition) is 3. The third-order valence-corrected chi connectivity index (χ3v) is 9.01. The molecule has 5 nitrogen and oxygen atoms in total. The normalized spacial score (nSPS) is 12.9. The molecular formula is C40H28N4O. The Kier molecular flexibility index (Phi) is 5.50. The summed E-state index contributed by atoms with van der Waals surface area (Å²) >= 11 is 0. The lowest BCUT2D eigenvalue weighted by molar-refractivity contribution is 0.669. The van der Waals surface area contributed by atoms with Crippen molar-refractivity contribution in [2.45, 2.75) is 6.92 Å². The Hall–Kier alpha value is -6.07. The van der Waals surface area contributed by atoms with Crippen LogP contribution in [0.4, 0.5) is 0 Å². The van der Waals surface area contributed by atoms with Gasteiger partial charge in [-0.05, 0) is 78.7 Å². The van der Waals surface area contributed by atoms with Crippen molar-refractivity contribution in [2.24, 2.45) is 5.73 Å². The summed E-state index contributed by atoms with van der Waals surface area (Å²) in [7, 11) is 0. The van der Waals surface area contributed by atoms with Crippen LogP contribution < -0.4 is 5.73 Å². The Bertz CT molecular complexity index is 2570. The second-order valence-corrected chi connectivity index (χ2v) is 11.5. The number of allylic oxidation sites excluding steroid dienone is 3. The lowest BCUT2D eigenvalue weighted by Gasteiger charge is -2.10. The molecule has 0 saturated heterocycles. The maximum absolute atomic E-state index is 6.32. The topological polar surface area (TPSA) is 61.9 Å². The highest BCUT2D eigenvalue weighted by atomic mass is 16.3. The van der Waals surface area contributed by atoms with Crippen LogP contribution in [0.5, 0.6) is 0 Å². The quantitative estimate of drug-likeness (QED) is 0.211. The van der Waals surface area contributed by atoms with Crippen LogP contribution >= 0.6 is 0 Å². The molecule has 0 fully saturated rings. The number of aromatic nitrogens is 3. The van der Waals surface area contributed by atoms with Gasteiger partial charge in [0.1, 0.15) is 11.2 Å². The third-order valence-electron chi connectivity index (χ3n) is 9.01. The minimum Gasteiger partial charge on any atom is -0.456 e. The minimum absolute atomic E-state index is 0.866. The van der Waals surface area contributed by atoms with Crippen molar-refractivity contribution in [3.05, 3.63) is 145 Å². The number of rotatable bonds is 4. The van der Waals surface area contributed by atoms with Gasteiger partial charge >= 0.3 is 0 Å². The molecule has 5 heteroatoms. The van der Waals surface area contributed by atoms with Gasteiger partial charge < -0.3 is 19.3 Å². The summed E-state index contributed by atoms with van der Waals surface area (Å²) in [5, 5.41) is 6.91. The van der Waals surface area contributed by atoms with Gasteiger partial charge in [0.05, 0.1) is 27.8 Å². The third kappa shape index (κ3) is 3.77. The van der Waals surface area contributed by atoms with Gasteiger partial charge in [-0.3, -0.25) is 4.98 Å². The van der Waals surface area contributed by atoms with Gasteiger partial charge in [-0.15, -0.1) is 0 Å². The number of para-hydroxylation sites is 3. The Morgan fingerprint density at radius 1 is 0.644 bits per heavy atom. The molecule has 9 rings (SSSR count). The van der Waals surface area contributed by atoms with Crippen LogP contribution in [-0.4, -0.2) is 14.1 Å². The monoisotopic (exact) mass is 580 g/mol. The first-order valence-electron chi connectivity index (χ1n) is 15.1. The zero-order valence-corrected chi connectivity index (χ0v) is 24.6. The summed E-state index contributed by atoms with van der Waals surface area (Å²) in [4.78, 5) is 4.38. The van der Waals surface area contributed by atoms with Crippen LogP contribution in [-0.2, 0) is 0 Å². The molecule has 4 aromatic heterocycles. The largest absolute Gasteiger partial charge is 0.456 e. The van der Waals surface area contributed by atoms with Crippen molar-refractivity contribution in [1.29, 1.82) is 0 Å². The smallest absolute Gasteiger partial charge is 0.135 e. The molecule has 0 aliphatic heterocycles. The molecule has 0 aliphatic carbocycles. The summed E-state index contributed by atoms with van der Waals surface area (Å²) in [6, 6.07) is 40.5. The summed E-state index contributed by atoms with van der Waals surface area (Å²) in [5.41, 5.74) is 16.8. The average molecular weight is 581 g/mol. The molecule has 4 heterocycles. The minimum atomic E-state index is 0.866. The van der Waals surface area contributed by atoms with Gasteiger partial charge in [0.2, 0.25) is 0 Å². The maximum atomic E-state index is 6.32. The molecule has 0 amide bonds. The number of hydrogen-bond donors (Lipinski definition) is 1. The number of furan rings is 1. The van der Waals surface area contributed by atoms with Crippen LogP contribution in [0.1, 0.15) is 12.5 Å². The molecule has 0 spiro atoms. The first-order chi connectivity index (χ1) is 22.2. The molecule has 0 bridgehead atoms. The predicted molar refractivity (Wildman–Crippen MR) is 187 cm³/mol. The Balaban J connectivity index is 1.19. The number of pyridine rings is 1. The van der Waals surface area contributed by atoms with E-state index in [9.17, 15) is 0 Å². The van der Waals surface area contributed by atoms with Gasteiger partial charge in [-0.2, -0.15) is 0 Å². The van der Waals surface area contributed by atoms with E-state index in [1.807, 2.05) is 18.5 Å². The summed E-state index contributed by atoms with van der Waals surface area (Å²) in [6.07, 6.45) is 7.58. The summed E-state index contributed by atoms with van der Waals surface area (Å²) in [5.74, 6) is 0. The second-order valence-electron chi connectivity index (χ2n) is 11.5. The molecule has 2 N–H and O–H groups in total. The van der Waals surface area contributed by atoms with Crippen LogP contribution in [0.15, 0.2) is 144 Å². The van der Waals surface area contributed by atoms with Gasteiger partial charge in [-0.1, -0.05) is 60.7 Å². The van der Waals surface area contributed by atoms with E-state index in [0.717, 1.165) is 66.3 Å². The first-order valence-corrected chi connectivity index (χ1v) is 15.1. The fourth-order valence-corrected chi connectivity index (χ4v) is 6.94. The molecule has 214 valence electrons. The Morgan fingerprint density at radius 3 is 1.96 bits per heavy atom. The van der Waals surface area contributed by atoms with E-state index in [2.05, 4.69) is 136 Å². The van der Waals surface area contributed by atoms with Crippen molar-refractivity contribution in [1.82, 2.24) is 14.1 Å². The molecule has 9 aromatic rings.